The van der Waals surface area contributed by atoms with E-state index in [1.807, 2.05) is 48.5 Å². The molecule has 3 nitrogen and oxygen atoms in total. The standard InChI is InChI=1S/C28H34O3S/c1-27(2,3)22-12-8-20(9-13-22)26(21-10-14-23(15-11-21)28(4,5)6)32(29,30)25-18-16-24(31-7)17-19-25/h8-19,26H,1-7H3. The first-order valence-electron chi connectivity index (χ1n) is 10.9. The van der Waals surface area contributed by atoms with Gasteiger partial charge < -0.3 is 4.74 Å². The van der Waals surface area contributed by atoms with E-state index in [4.69, 9.17) is 4.74 Å². The summed E-state index contributed by atoms with van der Waals surface area (Å²) in [6.45, 7) is 12.9. The third-order valence-corrected chi connectivity index (χ3v) is 7.95. The van der Waals surface area contributed by atoms with Gasteiger partial charge in [-0.2, -0.15) is 0 Å². The fourth-order valence-electron chi connectivity index (χ4n) is 3.77. The average Bonchev–Trinajstić information content (AvgIpc) is 2.73. The van der Waals surface area contributed by atoms with Gasteiger partial charge in [-0.1, -0.05) is 90.1 Å². The maximum absolute atomic E-state index is 13.9. The fraction of sp³-hybridized carbons (Fsp3) is 0.357. The van der Waals surface area contributed by atoms with Crippen LogP contribution in [0, 0.1) is 0 Å². The Bertz CT molecular complexity index is 1090. The first kappa shape index (κ1) is 24.1. The van der Waals surface area contributed by atoms with Gasteiger partial charge >= 0.3 is 0 Å². The summed E-state index contributed by atoms with van der Waals surface area (Å²) in [5.74, 6) is 0.629. The molecule has 0 unspecified atom stereocenters. The minimum Gasteiger partial charge on any atom is -0.497 e. The van der Waals surface area contributed by atoms with E-state index in [0.717, 1.165) is 11.1 Å². The highest BCUT2D eigenvalue weighted by atomic mass is 32.2. The van der Waals surface area contributed by atoms with Gasteiger partial charge in [-0.3, -0.25) is 0 Å². The van der Waals surface area contributed by atoms with Crippen LogP contribution in [0.25, 0.3) is 0 Å². The average molecular weight is 451 g/mol. The lowest BCUT2D eigenvalue weighted by Crippen LogP contribution is -2.17. The van der Waals surface area contributed by atoms with E-state index < -0.39 is 15.1 Å². The van der Waals surface area contributed by atoms with E-state index in [-0.39, 0.29) is 15.7 Å². The van der Waals surface area contributed by atoms with Crippen molar-refractivity contribution >= 4 is 9.84 Å². The molecule has 0 saturated carbocycles. The van der Waals surface area contributed by atoms with Crippen molar-refractivity contribution in [2.24, 2.45) is 0 Å². The topological polar surface area (TPSA) is 43.4 Å². The highest BCUT2D eigenvalue weighted by Crippen LogP contribution is 2.37. The Morgan fingerprint density at radius 3 is 1.31 bits per heavy atom. The molecule has 0 aliphatic rings. The summed E-state index contributed by atoms with van der Waals surface area (Å²) in [6, 6.07) is 22.6. The second-order valence-corrected chi connectivity index (χ2v) is 12.4. The van der Waals surface area contributed by atoms with E-state index in [0.29, 0.717) is 5.75 Å². The number of sulfone groups is 1. The first-order chi connectivity index (χ1) is 14.8. The molecule has 3 rings (SSSR count). The maximum atomic E-state index is 13.9. The number of rotatable bonds is 5. The van der Waals surface area contributed by atoms with Crippen molar-refractivity contribution in [3.63, 3.8) is 0 Å². The van der Waals surface area contributed by atoms with Crippen LogP contribution in [-0.2, 0) is 20.7 Å². The Hall–Kier alpha value is -2.59. The number of methoxy groups -OCH3 is 1. The number of hydrogen-bond acceptors (Lipinski definition) is 3. The van der Waals surface area contributed by atoms with Gasteiger partial charge in [0.1, 0.15) is 11.0 Å². The molecule has 0 spiro atoms. The second-order valence-electron chi connectivity index (χ2n) is 10.3. The zero-order chi connectivity index (χ0) is 23.7. The van der Waals surface area contributed by atoms with Gasteiger partial charge in [0.05, 0.1) is 12.0 Å². The van der Waals surface area contributed by atoms with Crippen molar-refractivity contribution in [2.45, 2.75) is 62.5 Å². The van der Waals surface area contributed by atoms with Crippen molar-refractivity contribution < 1.29 is 13.2 Å². The molecule has 4 heteroatoms. The SMILES string of the molecule is COc1ccc(S(=O)(=O)C(c2ccc(C(C)(C)C)cc2)c2ccc(C(C)(C)C)cc2)cc1. The van der Waals surface area contributed by atoms with Gasteiger partial charge in [0.25, 0.3) is 0 Å². The van der Waals surface area contributed by atoms with Crippen molar-refractivity contribution in [3.05, 3.63) is 95.1 Å². The lowest BCUT2D eigenvalue weighted by atomic mass is 9.85. The molecule has 0 fully saturated rings. The van der Waals surface area contributed by atoms with Crippen molar-refractivity contribution in [1.29, 1.82) is 0 Å². The monoisotopic (exact) mass is 450 g/mol. The zero-order valence-corrected chi connectivity index (χ0v) is 21.0. The van der Waals surface area contributed by atoms with E-state index in [2.05, 4.69) is 41.5 Å². The van der Waals surface area contributed by atoms with Crippen LogP contribution in [0.2, 0.25) is 0 Å². The molecule has 0 aliphatic carbocycles. The summed E-state index contributed by atoms with van der Waals surface area (Å²) < 4.78 is 32.9. The molecule has 3 aromatic carbocycles. The minimum atomic E-state index is -3.68. The molecule has 170 valence electrons. The summed E-state index contributed by atoms with van der Waals surface area (Å²) in [7, 11) is -2.12. The van der Waals surface area contributed by atoms with Gasteiger partial charge in [0.2, 0.25) is 0 Å². The zero-order valence-electron chi connectivity index (χ0n) is 20.1. The first-order valence-corrected chi connectivity index (χ1v) is 12.5. The lowest BCUT2D eigenvalue weighted by molar-refractivity contribution is 0.414. The quantitative estimate of drug-likeness (QED) is 0.427. The van der Waals surface area contributed by atoms with E-state index in [1.165, 1.54) is 11.1 Å². The largest absolute Gasteiger partial charge is 0.497 e. The molecular weight excluding hydrogens is 416 g/mol. The summed E-state index contributed by atoms with van der Waals surface area (Å²) in [5, 5.41) is -0.793. The van der Waals surface area contributed by atoms with Crippen molar-refractivity contribution in [1.82, 2.24) is 0 Å². The second kappa shape index (κ2) is 8.74. The Kier molecular flexibility index (Phi) is 6.57. The smallest absolute Gasteiger partial charge is 0.189 e. The normalized spacial score (nSPS) is 12.8. The van der Waals surface area contributed by atoms with Gasteiger partial charge in [0.15, 0.2) is 9.84 Å². The van der Waals surface area contributed by atoms with E-state index in [1.54, 1.807) is 31.4 Å². The van der Waals surface area contributed by atoms with Crippen molar-refractivity contribution in [2.75, 3.05) is 7.11 Å². The van der Waals surface area contributed by atoms with Crippen LogP contribution in [0.3, 0.4) is 0 Å². The van der Waals surface area contributed by atoms with Crippen molar-refractivity contribution in [3.8, 4) is 5.75 Å². The number of ether oxygens (including phenoxy) is 1. The highest BCUT2D eigenvalue weighted by molar-refractivity contribution is 7.91. The molecule has 0 heterocycles. The minimum absolute atomic E-state index is 0.00274. The van der Waals surface area contributed by atoms with Crippen LogP contribution < -0.4 is 4.74 Å². The third-order valence-electron chi connectivity index (χ3n) is 5.86. The molecule has 0 radical (unpaired) electrons. The van der Waals surface area contributed by atoms with Crippen LogP contribution in [0.15, 0.2) is 77.7 Å². The van der Waals surface area contributed by atoms with Gasteiger partial charge in [-0.05, 0) is 57.3 Å². The van der Waals surface area contributed by atoms with E-state index in [9.17, 15) is 8.42 Å². The van der Waals surface area contributed by atoms with E-state index >= 15 is 0 Å². The summed E-state index contributed by atoms with van der Waals surface area (Å²) >= 11 is 0. The fourth-order valence-corrected chi connectivity index (χ4v) is 5.59. The molecule has 0 amide bonds. The highest BCUT2D eigenvalue weighted by Gasteiger charge is 2.31. The van der Waals surface area contributed by atoms with Crippen LogP contribution in [0.4, 0.5) is 0 Å². The van der Waals surface area contributed by atoms with Crippen LogP contribution in [-0.4, -0.2) is 15.5 Å². The Morgan fingerprint density at radius 1 is 0.625 bits per heavy atom. The Labute approximate surface area is 193 Å². The molecule has 0 aromatic heterocycles. The molecule has 0 saturated heterocycles. The van der Waals surface area contributed by atoms with Gasteiger partial charge in [-0.15, -0.1) is 0 Å². The molecule has 0 aliphatic heterocycles. The molecule has 3 aromatic rings. The summed E-state index contributed by atoms with van der Waals surface area (Å²) in [6.07, 6.45) is 0. The Morgan fingerprint density at radius 2 is 1.00 bits per heavy atom. The lowest BCUT2D eigenvalue weighted by Gasteiger charge is -2.24. The molecule has 0 atom stereocenters. The predicted molar refractivity (Wildman–Crippen MR) is 132 cm³/mol. The molecule has 0 N–H and O–H groups in total. The molecule has 32 heavy (non-hydrogen) atoms. The van der Waals surface area contributed by atoms with Crippen LogP contribution in [0.1, 0.15) is 69.0 Å². The third kappa shape index (κ3) is 5.07. The Balaban J connectivity index is 2.14. The summed E-state index contributed by atoms with van der Waals surface area (Å²) in [4.78, 5) is 0.281. The van der Waals surface area contributed by atoms with Crippen LogP contribution in [0.5, 0.6) is 5.75 Å². The van der Waals surface area contributed by atoms with Gasteiger partial charge in [-0.25, -0.2) is 8.42 Å². The maximum Gasteiger partial charge on any atom is 0.189 e. The molecular formula is C28H34O3S. The number of hydrogen-bond donors (Lipinski definition) is 0. The molecule has 0 bridgehead atoms. The van der Waals surface area contributed by atoms with Crippen LogP contribution >= 0.6 is 0 Å². The number of benzene rings is 3. The summed E-state index contributed by atoms with van der Waals surface area (Å²) in [5.41, 5.74) is 3.86. The van der Waals surface area contributed by atoms with Gasteiger partial charge in [0, 0.05) is 0 Å². The predicted octanol–water partition coefficient (Wildman–Crippen LogP) is 6.85.